The Morgan fingerprint density at radius 3 is 2.75 bits per heavy atom. The SMILES string of the molecule is N#Cc1c(Cl)nc2c(c1-c1ccc(F)cc1)COCC2. The highest BCUT2D eigenvalue weighted by molar-refractivity contribution is 6.31. The van der Waals surface area contributed by atoms with E-state index in [4.69, 9.17) is 16.3 Å². The molecule has 5 heteroatoms. The van der Waals surface area contributed by atoms with Crippen molar-refractivity contribution < 1.29 is 9.13 Å². The maximum Gasteiger partial charge on any atom is 0.147 e. The van der Waals surface area contributed by atoms with Gasteiger partial charge in [0.05, 0.1) is 24.5 Å². The minimum Gasteiger partial charge on any atom is -0.376 e. The lowest BCUT2D eigenvalue weighted by Crippen LogP contribution is -2.14. The van der Waals surface area contributed by atoms with Crippen LogP contribution in [0.25, 0.3) is 11.1 Å². The standard InChI is InChI=1S/C15H10ClFN2O/c16-15-11(7-18)14(9-1-3-10(17)4-2-9)12-8-20-6-5-13(12)19-15/h1-4H,5-6,8H2. The fourth-order valence-corrected chi connectivity index (χ4v) is 2.62. The van der Waals surface area contributed by atoms with E-state index in [-0.39, 0.29) is 11.0 Å². The van der Waals surface area contributed by atoms with Crippen LogP contribution in [-0.4, -0.2) is 11.6 Å². The van der Waals surface area contributed by atoms with Gasteiger partial charge in [-0.25, -0.2) is 9.37 Å². The number of ether oxygens (including phenoxy) is 1. The molecule has 100 valence electrons. The number of nitriles is 1. The van der Waals surface area contributed by atoms with Gasteiger partial charge in [-0.2, -0.15) is 5.26 Å². The summed E-state index contributed by atoms with van der Waals surface area (Å²) in [5.41, 5.74) is 3.46. The largest absolute Gasteiger partial charge is 0.376 e. The molecule has 3 nitrogen and oxygen atoms in total. The number of hydrogen-bond donors (Lipinski definition) is 0. The van der Waals surface area contributed by atoms with Crippen LogP contribution >= 0.6 is 11.6 Å². The van der Waals surface area contributed by atoms with Gasteiger partial charge in [0, 0.05) is 17.5 Å². The summed E-state index contributed by atoms with van der Waals surface area (Å²) in [4.78, 5) is 4.28. The van der Waals surface area contributed by atoms with Crippen molar-refractivity contribution >= 4 is 11.6 Å². The van der Waals surface area contributed by atoms with Gasteiger partial charge in [-0.05, 0) is 17.7 Å². The molecule has 1 aromatic heterocycles. The zero-order valence-corrected chi connectivity index (χ0v) is 11.2. The Kier molecular flexibility index (Phi) is 3.39. The first-order valence-electron chi connectivity index (χ1n) is 6.15. The molecule has 0 unspecified atom stereocenters. The number of fused-ring (bicyclic) bond motifs is 1. The highest BCUT2D eigenvalue weighted by atomic mass is 35.5. The average molecular weight is 289 g/mol. The molecule has 2 heterocycles. The van der Waals surface area contributed by atoms with Crippen molar-refractivity contribution in [3.8, 4) is 17.2 Å². The molecule has 0 bridgehead atoms. The van der Waals surface area contributed by atoms with Crippen molar-refractivity contribution in [2.75, 3.05) is 6.61 Å². The molecule has 0 amide bonds. The van der Waals surface area contributed by atoms with Crippen LogP contribution in [0.15, 0.2) is 24.3 Å². The number of rotatable bonds is 1. The highest BCUT2D eigenvalue weighted by Crippen LogP contribution is 2.35. The van der Waals surface area contributed by atoms with E-state index in [0.29, 0.717) is 30.8 Å². The molecule has 0 N–H and O–H groups in total. The Hall–Kier alpha value is -1.96. The number of nitrogens with zero attached hydrogens (tertiary/aromatic N) is 2. The van der Waals surface area contributed by atoms with Crippen molar-refractivity contribution in [2.45, 2.75) is 13.0 Å². The molecule has 0 radical (unpaired) electrons. The van der Waals surface area contributed by atoms with Gasteiger partial charge < -0.3 is 4.74 Å². The van der Waals surface area contributed by atoms with E-state index in [1.165, 1.54) is 12.1 Å². The van der Waals surface area contributed by atoms with Crippen LogP contribution in [0, 0.1) is 17.1 Å². The van der Waals surface area contributed by atoms with Crippen LogP contribution in [-0.2, 0) is 17.8 Å². The predicted molar refractivity (Wildman–Crippen MR) is 72.7 cm³/mol. The lowest BCUT2D eigenvalue weighted by Gasteiger charge is -2.21. The van der Waals surface area contributed by atoms with Crippen molar-refractivity contribution in [3.63, 3.8) is 0 Å². The normalized spacial score (nSPS) is 13.7. The van der Waals surface area contributed by atoms with Crippen LogP contribution < -0.4 is 0 Å². The van der Waals surface area contributed by atoms with E-state index < -0.39 is 0 Å². The summed E-state index contributed by atoms with van der Waals surface area (Å²) >= 11 is 6.10. The third-order valence-corrected chi connectivity index (χ3v) is 3.59. The summed E-state index contributed by atoms with van der Waals surface area (Å²) in [5.74, 6) is -0.322. The molecule has 20 heavy (non-hydrogen) atoms. The average Bonchev–Trinajstić information content (AvgIpc) is 2.47. The number of aromatic nitrogens is 1. The van der Waals surface area contributed by atoms with Gasteiger partial charge in [0.15, 0.2) is 0 Å². The summed E-state index contributed by atoms with van der Waals surface area (Å²) < 4.78 is 18.5. The topological polar surface area (TPSA) is 45.9 Å². The number of hydrogen-bond acceptors (Lipinski definition) is 3. The fraction of sp³-hybridized carbons (Fsp3) is 0.200. The number of pyridine rings is 1. The molecule has 0 aliphatic carbocycles. The monoisotopic (exact) mass is 288 g/mol. The van der Waals surface area contributed by atoms with E-state index in [0.717, 1.165) is 16.8 Å². The van der Waals surface area contributed by atoms with Gasteiger partial charge in [-0.15, -0.1) is 0 Å². The molecular formula is C15H10ClFN2O. The van der Waals surface area contributed by atoms with E-state index in [2.05, 4.69) is 11.1 Å². The Labute approximate surface area is 120 Å². The molecule has 2 aromatic rings. The first-order chi connectivity index (χ1) is 9.70. The summed E-state index contributed by atoms with van der Waals surface area (Å²) in [5, 5.41) is 9.51. The van der Waals surface area contributed by atoms with Crippen LogP contribution in [0.3, 0.4) is 0 Å². The van der Waals surface area contributed by atoms with Crippen molar-refractivity contribution in [1.82, 2.24) is 4.98 Å². The summed E-state index contributed by atoms with van der Waals surface area (Å²) in [6.45, 7) is 0.978. The summed E-state index contributed by atoms with van der Waals surface area (Å²) in [6, 6.07) is 8.08. The molecule has 0 spiro atoms. The van der Waals surface area contributed by atoms with E-state index in [1.54, 1.807) is 12.1 Å². The van der Waals surface area contributed by atoms with Crippen molar-refractivity contribution in [2.24, 2.45) is 0 Å². The molecular weight excluding hydrogens is 279 g/mol. The molecule has 3 rings (SSSR count). The molecule has 0 fully saturated rings. The highest BCUT2D eigenvalue weighted by Gasteiger charge is 2.22. The first-order valence-corrected chi connectivity index (χ1v) is 6.53. The van der Waals surface area contributed by atoms with Gasteiger partial charge in [0.2, 0.25) is 0 Å². The smallest absolute Gasteiger partial charge is 0.147 e. The second-order valence-electron chi connectivity index (χ2n) is 4.50. The molecule has 1 aliphatic rings. The van der Waals surface area contributed by atoms with Gasteiger partial charge in [0.1, 0.15) is 17.0 Å². The maximum absolute atomic E-state index is 13.1. The Morgan fingerprint density at radius 2 is 2.05 bits per heavy atom. The summed E-state index contributed by atoms with van der Waals surface area (Å²) in [7, 11) is 0. The van der Waals surface area contributed by atoms with Crippen LogP contribution in [0.4, 0.5) is 4.39 Å². The Balaban J connectivity index is 2.29. The fourth-order valence-electron chi connectivity index (χ4n) is 2.38. The third-order valence-electron chi connectivity index (χ3n) is 3.31. The van der Waals surface area contributed by atoms with Crippen LogP contribution in [0.1, 0.15) is 16.8 Å². The molecule has 0 saturated carbocycles. The number of halogens is 2. The molecule has 1 aromatic carbocycles. The van der Waals surface area contributed by atoms with E-state index in [9.17, 15) is 9.65 Å². The molecule has 0 atom stereocenters. The van der Waals surface area contributed by atoms with Gasteiger partial charge >= 0.3 is 0 Å². The van der Waals surface area contributed by atoms with Crippen LogP contribution in [0.2, 0.25) is 5.15 Å². The van der Waals surface area contributed by atoms with Crippen molar-refractivity contribution in [3.05, 3.63) is 52.1 Å². The minimum atomic E-state index is -0.322. The maximum atomic E-state index is 13.1. The van der Waals surface area contributed by atoms with Crippen LogP contribution in [0.5, 0.6) is 0 Å². The zero-order chi connectivity index (χ0) is 14.1. The molecule has 0 saturated heterocycles. The van der Waals surface area contributed by atoms with Crippen molar-refractivity contribution in [1.29, 1.82) is 5.26 Å². The Bertz CT molecular complexity index is 707. The number of benzene rings is 1. The van der Waals surface area contributed by atoms with Gasteiger partial charge in [0.25, 0.3) is 0 Å². The lowest BCUT2D eigenvalue weighted by molar-refractivity contribution is 0.109. The van der Waals surface area contributed by atoms with Gasteiger partial charge in [-0.1, -0.05) is 23.7 Å². The second kappa shape index (κ2) is 5.20. The minimum absolute atomic E-state index is 0.187. The van der Waals surface area contributed by atoms with E-state index >= 15 is 0 Å². The lowest BCUT2D eigenvalue weighted by atomic mass is 9.93. The summed E-state index contributed by atoms with van der Waals surface area (Å²) in [6.07, 6.45) is 0.662. The second-order valence-corrected chi connectivity index (χ2v) is 4.86. The van der Waals surface area contributed by atoms with E-state index in [1.807, 2.05) is 0 Å². The first kappa shape index (κ1) is 13.0. The molecule has 1 aliphatic heterocycles. The third kappa shape index (κ3) is 2.15. The zero-order valence-electron chi connectivity index (χ0n) is 10.5. The Morgan fingerprint density at radius 1 is 1.30 bits per heavy atom. The van der Waals surface area contributed by atoms with Gasteiger partial charge in [-0.3, -0.25) is 0 Å². The predicted octanol–water partition coefficient (Wildman–Crippen LogP) is 3.49. The quantitative estimate of drug-likeness (QED) is 0.755.